The molecule has 0 atom stereocenters. The SMILES string of the molecule is CNCc1cnc(Oc2ccc(F)c(Cl)c2)c(Cl)c1. The van der Waals surface area contributed by atoms with E-state index in [9.17, 15) is 4.39 Å². The van der Waals surface area contributed by atoms with Gasteiger partial charge in [0.2, 0.25) is 5.88 Å². The van der Waals surface area contributed by atoms with Crippen molar-refractivity contribution in [3.8, 4) is 11.6 Å². The van der Waals surface area contributed by atoms with E-state index in [1.54, 1.807) is 12.3 Å². The fourth-order valence-corrected chi connectivity index (χ4v) is 1.89. The standard InChI is InChI=1S/C13H11Cl2FN2O/c1-17-6-8-4-11(15)13(18-7-8)19-9-2-3-12(16)10(14)5-9/h2-5,7,17H,6H2,1H3. The van der Waals surface area contributed by atoms with Gasteiger partial charge in [-0.05, 0) is 30.8 Å². The smallest absolute Gasteiger partial charge is 0.238 e. The molecule has 0 radical (unpaired) electrons. The van der Waals surface area contributed by atoms with Crippen molar-refractivity contribution < 1.29 is 9.13 Å². The topological polar surface area (TPSA) is 34.2 Å². The third-order valence-corrected chi connectivity index (χ3v) is 2.91. The van der Waals surface area contributed by atoms with Crippen LogP contribution in [-0.2, 0) is 6.54 Å². The first-order valence-electron chi connectivity index (χ1n) is 5.52. The van der Waals surface area contributed by atoms with Crippen molar-refractivity contribution in [1.82, 2.24) is 10.3 Å². The summed E-state index contributed by atoms with van der Waals surface area (Å²) in [5.74, 6) is 0.129. The van der Waals surface area contributed by atoms with E-state index in [0.717, 1.165) is 5.56 Å². The van der Waals surface area contributed by atoms with Gasteiger partial charge in [-0.3, -0.25) is 0 Å². The second-order valence-corrected chi connectivity index (χ2v) is 4.65. The molecular formula is C13H11Cl2FN2O. The Morgan fingerprint density at radius 3 is 2.68 bits per heavy atom. The molecule has 0 fully saturated rings. The summed E-state index contributed by atoms with van der Waals surface area (Å²) in [6.07, 6.45) is 1.66. The van der Waals surface area contributed by atoms with Gasteiger partial charge in [0.05, 0.1) is 5.02 Å². The zero-order chi connectivity index (χ0) is 13.8. The highest BCUT2D eigenvalue weighted by atomic mass is 35.5. The Morgan fingerprint density at radius 1 is 1.26 bits per heavy atom. The van der Waals surface area contributed by atoms with E-state index >= 15 is 0 Å². The Kier molecular flexibility index (Phi) is 4.58. The molecule has 0 bridgehead atoms. The summed E-state index contributed by atoms with van der Waals surface area (Å²) in [5.41, 5.74) is 0.942. The van der Waals surface area contributed by atoms with E-state index in [2.05, 4.69) is 10.3 Å². The van der Waals surface area contributed by atoms with E-state index < -0.39 is 5.82 Å². The van der Waals surface area contributed by atoms with Crippen LogP contribution >= 0.6 is 23.2 Å². The first kappa shape index (κ1) is 14.1. The minimum atomic E-state index is -0.502. The van der Waals surface area contributed by atoms with Gasteiger partial charge in [0, 0.05) is 18.8 Å². The molecule has 2 aromatic rings. The van der Waals surface area contributed by atoms with Crippen LogP contribution in [0.25, 0.3) is 0 Å². The summed E-state index contributed by atoms with van der Waals surface area (Å²) in [6, 6.07) is 5.81. The number of ether oxygens (including phenoxy) is 1. The number of hydrogen-bond donors (Lipinski definition) is 1. The van der Waals surface area contributed by atoms with Gasteiger partial charge in [-0.25, -0.2) is 9.37 Å². The van der Waals surface area contributed by atoms with E-state index in [1.165, 1.54) is 18.2 Å². The van der Waals surface area contributed by atoms with Crippen molar-refractivity contribution in [1.29, 1.82) is 0 Å². The van der Waals surface area contributed by atoms with Gasteiger partial charge >= 0.3 is 0 Å². The second-order valence-electron chi connectivity index (χ2n) is 3.84. The maximum Gasteiger partial charge on any atom is 0.238 e. The molecule has 0 spiro atoms. The molecule has 0 aliphatic carbocycles. The summed E-state index contributed by atoms with van der Waals surface area (Å²) in [5, 5.41) is 3.36. The Morgan fingerprint density at radius 2 is 2.05 bits per heavy atom. The fraction of sp³-hybridized carbons (Fsp3) is 0.154. The first-order valence-corrected chi connectivity index (χ1v) is 6.27. The number of rotatable bonds is 4. The summed E-state index contributed by atoms with van der Waals surface area (Å²) in [7, 11) is 1.83. The zero-order valence-electron chi connectivity index (χ0n) is 10.1. The summed E-state index contributed by atoms with van der Waals surface area (Å²) in [6.45, 7) is 0.662. The number of hydrogen-bond acceptors (Lipinski definition) is 3. The lowest BCUT2D eigenvalue weighted by Gasteiger charge is -2.08. The van der Waals surface area contributed by atoms with E-state index in [-0.39, 0.29) is 10.9 Å². The van der Waals surface area contributed by atoms with Crippen LogP contribution in [0.4, 0.5) is 4.39 Å². The number of halogens is 3. The van der Waals surface area contributed by atoms with Gasteiger partial charge in [-0.2, -0.15) is 0 Å². The van der Waals surface area contributed by atoms with Crippen LogP contribution in [-0.4, -0.2) is 12.0 Å². The lowest BCUT2D eigenvalue weighted by atomic mass is 10.3. The van der Waals surface area contributed by atoms with Gasteiger partial charge in [0.1, 0.15) is 16.6 Å². The molecule has 3 nitrogen and oxygen atoms in total. The second kappa shape index (κ2) is 6.19. The quantitative estimate of drug-likeness (QED) is 0.925. The molecule has 6 heteroatoms. The lowest BCUT2D eigenvalue weighted by molar-refractivity contribution is 0.461. The number of benzene rings is 1. The molecule has 0 amide bonds. The third kappa shape index (κ3) is 3.56. The highest BCUT2D eigenvalue weighted by Crippen LogP contribution is 2.29. The van der Waals surface area contributed by atoms with Crippen molar-refractivity contribution in [3.05, 3.63) is 51.9 Å². The third-order valence-electron chi connectivity index (χ3n) is 2.35. The van der Waals surface area contributed by atoms with Crippen LogP contribution in [0.1, 0.15) is 5.56 Å². The van der Waals surface area contributed by atoms with Crippen LogP contribution < -0.4 is 10.1 Å². The van der Waals surface area contributed by atoms with Gasteiger partial charge in [0.15, 0.2) is 0 Å². The summed E-state index contributed by atoms with van der Waals surface area (Å²) >= 11 is 11.7. The zero-order valence-corrected chi connectivity index (χ0v) is 11.6. The van der Waals surface area contributed by atoms with E-state index in [1.807, 2.05) is 7.05 Å². The average Bonchev–Trinajstić information content (AvgIpc) is 2.37. The minimum Gasteiger partial charge on any atom is -0.437 e. The van der Waals surface area contributed by atoms with E-state index in [4.69, 9.17) is 27.9 Å². The van der Waals surface area contributed by atoms with Gasteiger partial charge in [0.25, 0.3) is 0 Å². The molecule has 0 saturated carbocycles. The molecule has 0 aliphatic rings. The number of nitrogens with one attached hydrogen (secondary N) is 1. The lowest BCUT2D eigenvalue weighted by Crippen LogP contribution is -2.05. The Labute approximate surface area is 120 Å². The number of aromatic nitrogens is 1. The van der Waals surface area contributed by atoms with Crippen LogP contribution in [0, 0.1) is 5.82 Å². The predicted molar refractivity (Wildman–Crippen MR) is 73.5 cm³/mol. The molecule has 0 unspecified atom stereocenters. The first-order chi connectivity index (χ1) is 9.10. The molecule has 1 heterocycles. The maximum absolute atomic E-state index is 13.0. The maximum atomic E-state index is 13.0. The predicted octanol–water partition coefficient (Wildman–Crippen LogP) is 4.04. The van der Waals surface area contributed by atoms with Crippen molar-refractivity contribution >= 4 is 23.2 Å². The monoisotopic (exact) mass is 300 g/mol. The van der Waals surface area contributed by atoms with Crippen molar-refractivity contribution in [2.45, 2.75) is 6.54 Å². The molecule has 1 aromatic carbocycles. The normalized spacial score (nSPS) is 10.5. The van der Waals surface area contributed by atoms with Crippen LogP contribution in [0.3, 0.4) is 0 Å². The molecule has 100 valence electrons. The van der Waals surface area contributed by atoms with Crippen LogP contribution in [0.2, 0.25) is 10.0 Å². The fourth-order valence-electron chi connectivity index (χ4n) is 1.49. The van der Waals surface area contributed by atoms with Crippen molar-refractivity contribution in [2.24, 2.45) is 0 Å². The summed E-state index contributed by atoms with van der Waals surface area (Å²) in [4.78, 5) is 4.11. The van der Waals surface area contributed by atoms with Gasteiger partial charge in [-0.15, -0.1) is 0 Å². The Balaban J connectivity index is 2.20. The highest BCUT2D eigenvalue weighted by Gasteiger charge is 2.08. The van der Waals surface area contributed by atoms with Crippen molar-refractivity contribution in [3.63, 3.8) is 0 Å². The number of pyridine rings is 1. The molecule has 1 aromatic heterocycles. The molecule has 0 saturated heterocycles. The number of nitrogens with zero attached hydrogens (tertiary/aromatic N) is 1. The molecule has 19 heavy (non-hydrogen) atoms. The largest absolute Gasteiger partial charge is 0.437 e. The van der Waals surface area contributed by atoms with E-state index in [0.29, 0.717) is 17.3 Å². The minimum absolute atomic E-state index is 0.0135. The molecule has 1 N–H and O–H groups in total. The Hall–Kier alpha value is -1.36. The Bertz CT molecular complexity index is 593. The average molecular weight is 301 g/mol. The highest BCUT2D eigenvalue weighted by molar-refractivity contribution is 6.32. The molecule has 0 aliphatic heterocycles. The van der Waals surface area contributed by atoms with Gasteiger partial charge < -0.3 is 10.1 Å². The molecule has 2 rings (SSSR count). The van der Waals surface area contributed by atoms with Gasteiger partial charge in [-0.1, -0.05) is 23.2 Å². The van der Waals surface area contributed by atoms with Crippen LogP contribution in [0.15, 0.2) is 30.5 Å². The van der Waals surface area contributed by atoms with Crippen LogP contribution in [0.5, 0.6) is 11.6 Å². The molecular weight excluding hydrogens is 290 g/mol. The van der Waals surface area contributed by atoms with Crippen molar-refractivity contribution in [2.75, 3.05) is 7.05 Å². The summed E-state index contributed by atoms with van der Waals surface area (Å²) < 4.78 is 18.5.